The molecule has 56 heavy (non-hydrogen) atoms. The molecule has 0 aliphatic carbocycles. The summed E-state index contributed by atoms with van der Waals surface area (Å²) in [4.78, 5) is 0. The van der Waals surface area contributed by atoms with Gasteiger partial charge in [0.1, 0.15) is 11.5 Å². The Kier molecular flexibility index (Phi) is 10.2. The Balaban J connectivity index is 0.963. The van der Waals surface area contributed by atoms with Crippen molar-refractivity contribution < 1.29 is 10.2 Å². The van der Waals surface area contributed by atoms with Crippen LogP contribution in [-0.4, -0.2) is 10.2 Å². The van der Waals surface area contributed by atoms with Gasteiger partial charge in [-0.05, 0) is 120 Å². The maximum atomic E-state index is 9.61. The molecule has 0 aliphatic heterocycles. The molecular formula is C48H40N6O2. The molecule has 0 heterocycles. The predicted octanol–water partition coefficient (Wildman–Crippen LogP) is 13.7. The van der Waals surface area contributed by atoms with Gasteiger partial charge in [-0.15, -0.1) is 10.2 Å². The first-order chi connectivity index (χ1) is 27.4. The number of rotatable bonds is 11. The molecule has 0 saturated heterocycles. The summed E-state index contributed by atoms with van der Waals surface area (Å²) >= 11 is 0. The second-order valence-corrected chi connectivity index (χ2v) is 13.8. The molecule has 0 unspecified atom stereocenters. The molecule has 0 fully saturated rings. The zero-order valence-electron chi connectivity index (χ0n) is 31.1. The molecule has 8 heteroatoms. The number of hydrogen-bond donors (Lipinski definition) is 4. The molecule has 4 N–H and O–H groups in total. The highest BCUT2D eigenvalue weighted by Crippen LogP contribution is 2.37. The van der Waals surface area contributed by atoms with E-state index in [2.05, 4.69) is 83.2 Å². The highest BCUT2D eigenvalue weighted by atomic mass is 16.3. The number of phenolic OH excluding ortho intramolecular Hbond substituents is 2. The maximum Gasteiger partial charge on any atom is 0.115 e. The van der Waals surface area contributed by atoms with Crippen molar-refractivity contribution in [1.82, 2.24) is 0 Å². The van der Waals surface area contributed by atoms with E-state index in [1.807, 2.05) is 84.9 Å². The summed E-state index contributed by atoms with van der Waals surface area (Å²) in [6.45, 7) is 5.39. The van der Waals surface area contributed by atoms with Crippen molar-refractivity contribution in [2.75, 3.05) is 10.6 Å². The van der Waals surface area contributed by atoms with Gasteiger partial charge in [-0.2, -0.15) is 10.2 Å². The van der Waals surface area contributed by atoms with Crippen molar-refractivity contribution in [2.24, 2.45) is 20.5 Å². The minimum atomic E-state index is 0.258. The number of nitrogens with zero attached hydrogens (tertiary/aromatic N) is 4. The molecule has 0 radical (unpaired) electrons. The average Bonchev–Trinajstić information content (AvgIpc) is 3.23. The lowest BCUT2D eigenvalue weighted by atomic mass is 10.0. The van der Waals surface area contributed by atoms with Crippen LogP contribution in [0, 0.1) is 13.8 Å². The molecular weight excluding hydrogens is 693 g/mol. The Morgan fingerprint density at radius 2 is 0.750 bits per heavy atom. The third-order valence-electron chi connectivity index (χ3n) is 9.90. The van der Waals surface area contributed by atoms with Gasteiger partial charge in [0, 0.05) is 46.0 Å². The smallest absolute Gasteiger partial charge is 0.115 e. The van der Waals surface area contributed by atoms with E-state index < -0.39 is 0 Å². The van der Waals surface area contributed by atoms with Gasteiger partial charge in [0.2, 0.25) is 0 Å². The van der Waals surface area contributed by atoms with E-state index in [0.717, 1.165) is 89.0 Å². The molecule has 0 aliphatic rings. The first-order valence-electron chi connectivity index (χ1n) is 18.5. The summed E-state index contributed by atoms with van der Waals surface area (Å²) < 4.78 is 0. The van der Waals surface area contributed by atoms with Gasteiger partial charge >= 0.3 is 0 Å². The van der Waals surface area contributed by atoms with Crippen LogP contribution in [0.1, 0.15) is 22.3 Å². The van der Waals surface area contributed by atoms with Gasteiger partial charge in [0.15, 0.2) is 0 Å². The lowest BCUT2D eigenvalue weighted by Gasteiger charge is -2.12. The van der Waals surface area contributed by atoms with Crippen LogP contribution in [-0.2, 0) is 13.1 Å². The molecule has 8 aromatic rings. The first-order valence-corrected chi connectivity index (χ1v) is 18.5. The van der Waals surface area contributed by atoms with Gasteiger partial charge in [0.25, 0.3) is 0 Å². The number of phenols is 2. The van der Waals surface area contributed by atoms with Gasteiger partial charge in [-0.3, -0.25) is 0 Å². The summed E-state index contributed by atoms with van der Waals surface area (Å²) in [5, 5.41) is 49.1. The van der Waals surface area contributed by atoms with E-state index in [1.165, 1.54) is 0 Å². The van der Waals surface area contributed by atoms with Gasteiger partial charge in [-0.1, -0.05) is 84.9 Å². The van der Waals surface area contributed by atoms with Crippen LogP contribution in [0.15, 0.2) is 178 Å². The van der Waals surface area contributed by atoms with E-state index in [-0.39, 0.29) is 11.5 Å². The Morgan fingerprint density at radius 3 is 1.14 bits per heavy atom. The molecule has 0 atom stereocenters. The van der Waals surface area contributed by atoms with Crippen LogP contribution in [0.4, 0.5) is 34.1 Å². The summed E-state index contributed by atoms with van der Waals surface area (Å²) in [6.07, 6.45) is 0. The average molecular weight is 733 g/mol. The standard InChI is InChI=1S/C48H40N6O2/c1-31-27-35(15-21-43(31)51-53-47-25-23-45(39-7-3-5-9-41(39)47)49-29-33-11-17-37(55)18-12-33)36-16-22-44(32(2)28-36)52-54-48-26-24-46(40-8-4-6-10-42(40)48)50-30-34-13-19-38(56)20-14-34/h3-28,49-50,55-56H,29-30H2,1-2H3. The van der Waals surface area contributed by atoms with E-state index in [1.54, 1.807) is 24.3 Å². The third kappa shape index (κ3) is 7.95. The Morgan fingerprint density at radius 1 is 0.393 bits per heavy atom. The van der Waals surface area contributed by atoms with E-state index in [4.69, 9.17) is 10.2 Å². The number of aryl methyl sites for hydroxylation is 2. The minimum absolute atomic E-state index is 0.258. The number of nitrogens with one attached hydrogen (secondary N) is 2. The second kappa shape index (κ2) is 16.0. The number of aromatic hydroxyl groups is 2. The highest BCUT2D eigenvalue weighted by Gasteiger charge is 2.10. The predicted molar refractivity (Wildman–Crippen MR) is 228 cm³/mol. The van der Waals surface area contributed by atoms with Crippen LogP contribution in [0.5, 0.6) is 11.5 Å². The monoisotopic (exact) mass is 732 g/mol. The Bertz CT molecular complexity index is 2550. The molecule has 8 nitrogen and oxygen atoms in total. The van der Waals surface area contributed by atoms with Crippen LogP contribution in [0.3, 0.4) is 0 Å². The zero-order valence-corrected chi connectivity index (χ0v) is 31.1. The van der Waals surface area contributed by atoms with Gasteiger partial charge < -0.3 is 20.8 Å². The van der Waals surface area contributed by atoms with E-state index >= 15 is 0 Å². The van der Waals surface area contributed by atoms with Gasteiger partial charge in [0.05, 0.1) is 22.7 Å². The third-order valence-corrected chi connectivity index (χ3v) is 9.90. The highest BCUT2D eigenvalue weighted by molar-refractivity contribution is 6.01. The molecule has 0 amide bonds. The van der Waals surface area contributed by atoms with Crippen molar-refractivity contribution in [3.05, 3.63) is 180 Å². The summed E-state index contributed by atoms with van der Waals surface area (Å²) in [7, 11) is 0. The number of fused-ring (bicyclic) bond motifs is 2. The van der Waals surface area contributed by atoms with Crippen LogP contribution in [0.2, 0.25) is 0 Å². The van der Waals surface area contributed by atoms with E-state index in [9.17, 15) is 10.2 Å². The molecule has 0 spiro atoms. The number of benzene rings is 8. The van der Waals surface area contributed by atoms with Crippen molar-refractivity contribution in [1.29, 1.82) is 0 Å². The molecule has 0 saturated carbocycles. The van der Waals surface area contributed by atoms with Crippen molar-refractivity contribution in [2.45, 2.75) is 26.9 Å². The quantitative estimate of drug-likeness (QED) is 0.0991. The van der Waals surface area contributed by atoms with Crippen molar-refractivity contribution in [3.63, 3.8) is 0 Å². The van der Waals surface area contributed by atoms with Crippen molar-refractivity contribution in [3.8, 4) is 22.6 Å². The SMILES string of the molecule is Cc1cc(-c2ccc(N=Nc3ccc(NCc4ccc(O)cc4)c4ccccc34)c(C)c2)ccc1N=Nc1ccc(NCc2ccc(O)cc2)c2ccccc12. The maximum absolute atomic E-state index is 9.61. The van der Waals surface area contributed by atoms with E-state index in [0.29, 0.717) is 13.1 Å². The number of anilines is 2. The first kappa shape index (κ1) is 35.7. The lowest BCUT2D eigenvalue weighted by molar-refractivity contribution is 0.474. The molecule has 8 rings (SSSR count). The Labute approximate surface area is 325 Å². The molecule has 0 bridgehead atoms. The normalized spacial score (nSPS) is 11.5. The summed E-state index contributed by atoms with van der Waals surface area (Å²) in [5.41, 5.74) is 11.6. The second-order valence-electron chi connectivity index (χ2n) is 13.8. The fraction of sp³-hybridized carbons (Fsp3) is 0.0833. The lowest BCUT2D eigenvalue weighted by Crippen LogP contribution is -1.99. The largest absolute Gasteiger partial charge is 0.508 e. The fourth-order valence-corrected chi connectivity index (χ4v) is 6.78. The van der Waals surface area contributed by atoms with Crippen LogP contribution < -0.4 is 10.6 Å². The van der Waals surface area contributed by atoms with Crippen molar-refractivity contribution >= 4 is 55.7 Å². The van der Waals surface area contributed by atoms with Crippen LogP contribution in [0.25, 0.3) is 32.7 Å². The molecule has 8 aromatic carbocycles. The summed E-state index contributed by atoms with van der Waals surface area (Å²) in [5.74, 6) is 0.516. The molecule has 0 aromatic heterocycles. The van der Waals surface area contributed by atoms with Crippen LogP contribution >= 0.6 is 0 Å². The zero-order chi connectivity index (χ0) is 38.4. The summed E-state index contributed by atoms with van der Waals surface area (Å²) in [6, 6.07) is 51.3. The number of hydrogen-bond acceptors (Lipinski definition) is 8. The van der Waals surface area contributed by atoms with Gasteiger partial charge in [-0.25, -0.2) is 0 Å². The Hall–Kier alpha value is -7.32. The molecule has 274 valence electrons. The minimum Gasteiger partial charge on any atom is -0.508 e. The topological polar surface area (TPSA) is 114 Å². The fourth-order valence-electron chi connectivity index (χ4n) is 6.78. The number of azo groups is 2.